The average Bonchev–Trinajstić information content (AvgIpc) is 3.87. The van der Waals surface area contributed by atoms with Crippen LogP contribution in [0.4, 0.5) is 9.93 Å². The van der Waals surface area contributed by atoms with E-state index < -0.39 is 65.2 Å². The number of hydrogen-bond donors (Lipinski definition) is 3. The molecule has 342 valence electrons. The fourth-order valence-corrected chi connectivity index (χ4v) is 8.27. The number of aliphatic hydroxyl groups excluding tert-OH is 1. The van der Waals surface area contributed by atoms with Crippen molar-refractivity contribution in [2.75, 3.05) is 31.4 Å². The number of aromatic nitrogens is 5. The topological polar surface area (TPSA) is 257 Å². The first kappa shape index (κ1) is 47.2. The molecule has 3 N–H and O–H groups in total. The van der Waals surface area contributed by atoms with Gasteiger partial charge in [0.15, 0.2) is 0 Å². The normalized spacial score (nSPS) is 17.3. The third kappa shape index (κ3) is 11.6. The van der Waals surface area contributed by atoms with Crippen LogP contribution in [0, 0.1) is 0 Å². The molecule has 1 aromatic carbocycles. The number of fused-ring (bicyclic) bond motifs is 2. The summed E-state index contributed by atoms with van der Waals surface area (Å²) in [6.07, 6.45) is 1.78. The minimum atomic E-state index is -1.09. The number of anilines is 1. The Labute approximate surface area is 376 Å². The summed E-state index contributed by atoms with van der Waals surface area (Å²) in [4.78, 5) is 73.7. The number of aliphatic imine (C=N–C) groups is 1. The number of nitrogens with one attached hydrogen (secondary N) is 2. The highest BCUT2D eigenvalue weighted by atomic mass is 32.2. The van der Waals surface area contributed by atoms with Crippen LogP contribution < -0.4 is 25.0 Å². The minimum absolute atomic E-state index is 0.0236. The Morgan fingerprint density at radius 1 is 1.09 bits per heavy atom. The zero-order chi connectivity index (χ0) is 46.3. The third-order valence-corrected chi connectivity index (χ3v) is 11.1. The SMILES string of the molecule is CCO/N=C(\C(=O)NC1C(=O)N2C(C(=O)OCc3ccc(OC)cc3)=C(C[n+]3cccc4c3ncn4CC(CO)N=C([O-])OC(C)(C)C)CSC12)c1nsc(NC(=O)OC(C)(C)C)n1. The fraction of sp³-hybridized carbons (Fsp3) is 0.463. The number of aliphatic hydroxyl groups is 1. The van der Waals surface area contributed by atoms with Crippen molar-refractivity contribution in [3.05, 3.63) is 71.6 Å². The number of nitrogens with zero attached hydrogens (tertiary/aromatic N) is 8. The lowest BCUT2D eigenvalue weighted by atomic mass is 10.0. The second-order valence-corrected chi connectivity index (χ2v) is 18.2. The molecular weight excluding hydrogens is 873 g/mol. The number of oxime groups is 1. The average molecular weight is 923 g/mol. The van der Waals surface area contributed by atoms with Gasteiger partial charge in [0.05, 0.1) is 32.5 Å². The molecule has 3 aromatic heterocycles. The van der Waals surface area contributed by atoms with Crippen molar-refractivity contribution in [3.63, 3.8) is 0 Å². The van der Waals surface area contributed by atoms with Crippen molar-refractivity contribution in [3.8, 4) is 5.75 Å². The molecule has 0 aliphatic carbocycles. The van der Waals surface area contributed by atoms with E-state index in [9.17, 15) is 29.4 Å². The molecule has 3 unspecified atom stereocenters. The number of carbonyl (C=O) groups excluding carboxylic acids is 4. The maximum atomic E-state index is 14.1. The van der Waals surface area contributed by atoms with E-state index in [2.05, 4.69) is 35.1 Å². The maximum absolute atomic E-state index is 14.1. The van der Waals surface area contributed by atoms with Crippen LogP contribution in [0.5, 0.6) is 5.75 Å². The number of thioether (sulfide) groups is 1. The quantitative estimate of drug-likeness (QED) is 0.0364. The summed E-state index contributed by atoms with van der Waals surface area (Å²) in [5, 5.41) is 30.9. The lowest BCUT2D eigenvalue weighted by Crippen LogP contribution is -2.71. The summed E-state index contributed by atoms with van der Waals surface area (Å²) in [5.74, 6) is -1.44. The molecule has 1 saturated heterocycles. The second-order valence-electron chi connectivity index (χ2n) is 16.3. The van der Waals surface area contributed by atoms with E-state index in [-0.39, 0.29) is 54.4 Å². The van der Waals surface area contributed by atoms with E-state index in [1.54, 1.807) is 103 Å². The summed E-state index contributed by atoms with van der Waals surface area (Å²) < 4.78 is 29.4. The smallest absolute Gasteiger partial charge is 0.414 e. The predicted octanol–water partition coefficient (Wildman–Crippen LogP) is 2.26. The van der Waals surface area contributed by atoms with Crippen molar-refractivity contribution in [2.45, 2.75) is 96.8 Å². The molecule has 0 bridgehead atoms. The van der Waals surface area contributed by atoms with Crippen LogP contribution in [0.15, 0.2) is 70.3 Å². The van der Waals surface area contributed by atoms with Gasteiger partial charge in [-0.1, -0.05) is 38.1 Å². The van der Waals surface area contributed by atoms with Gasteiger partial charge in [-0.2, -0.15) is 9.36 Å². The fourth-order valence-electron chi connectivity index (χ4n) is 6.38. The Kier molecular flexibility index (Phi) is 14.7. The third-order valence-electron chi connectivity index (χ3n) is 9.11. The van der Waals surface area contributed by atoms with Crippen molar-refractivity contribution < 1.29 is 57.7 Å². The first-order valence-corrected chi connectivity index (χ1v) is 21.9. The molecule has 0 spiro atoms. The van der Waals surface area contributed by atoms with Crippen LogP contribution in [0.3, 0.4) is 0 Å². The van der Waals surface area contributed by atoms with Crippen molar-refractivity contribution in [1.82, 2.24) is 29.1 Å². The molecule has 6 rings (SSSR count). The number of β-lactam (4-membered cyclic amide) rings is 1. The largest absolute Gasteiger partial charge is 0.595 e. The van der Waals surface area contributed by atoms with E-state index in [1.807, 2.05) is 10.6 Å². The Morgan fingerprint density at radius 3 is 2.50 bits per heavy atom. The number of hydrogen-bond acceptors (Lipinski definition) is 18. The van der Waals surface area contributed by atoms with Gasteiger partial charge in [0, 0.05) is 28.5 Å². The summed E-state index contributed by atoms with van der Waals surface area (Å²) in [7, 11) is 1.54. The van der Waals surface area contributed by atoms with E-state index in [4.69, 9.17) is 23.8 Å². The molecule has 1 fully saturated rings. The number of methoxy groups -OCH3 is 1. The molecule has 2 aliphatic rings. The van der Waals surface area contributed by atoms with Gasteiger partial charge in [-0.05, 0) is 62.5 Å². The van der Waals surface area contributed by atoms with E-state index in [1.165, 1.54) is 16.7 Å². The van der Waals surface area contributed by atoms with Gasteiger partial charge in [0.25, 0.3) is 11.8 Å². The Hall–Kier alpha value is -6.33. The summed E-state index contributed by atoms with van der Waals surface area (Å²) in [5.41, 5.74) is 0.561. The zero-order valence-electron chi connectivity index (χ0n) is 36.5. The monoisotopic (exact) mass is 922 g/mol. The van der Waals surface area contributed by atoms with Crippen LogP contribution in [-0.4, -0.2) is 119 Å². The van der Waals surface area contributed by atoms with E-state index >= 15 is 0 Å². The molecule has 0 radical (unpaired) electrons. The molecule has 5 heterocycles. The molecule has 0 saturated carbocycles. The molecular formula is C41H50N10O11S2. The van der Waals surface area contributed by atoms with Crippen molar-refractivity contribution in [2.24, 2.45) is 10.1 Å². The van der Waals surface area contributed by atoms with Gasteiger partial charge in [-0.3, -0.25) is 24.8 Å². The van der Waals surface area contributed by atoms with Crippen LogP contribution in [0.2, 0.25) is 0 Å². The van der Waals surface area contributed by atoms with Gasteiger partial charge in [-0.15, -0.1) is 11.8 Å². The second kappa shape index (κ2) is 20.0. The van der Waals surface area contributed by atoms with Crippen LogP contribution in [0.1, 0.15) is 59.9 Å². The molecule has 23 heteroatoms. The van der Waals surface area contributed by atoms with E-state index in [0.717, 1.165) is 11.5 Å². The summed E-state index contributed by atoms with van der Waals surface area (Å²) in [6, 6.07) is 8.69. The minimum Gasteiger partial charge on any atom is -0.595 e. The highest BCUT2D eigenvalue weighted by molar-refractivity contribution is 8.00. The number of amides is 3. The molecule has 3 amide bonds. The first-order chi connectivity index (χ1) is 30.4. The Bertz CT molecular complexity index is 2460. The molecule has 64 heavy (non-hydrogen) atoms. The van der Waals surface area contributed by atoms with Gasteiger partial charge >= 0.3 is 17.7 Å². The van der Waals surface area contributed by atoms with Gasteiger partial charge in [-0.25, -0.2) is 14.2 Å². The Balaban J connectivity index is 1.25. The van der Waals surface area contributed by atoms with Gasteiger partial charge < -0.3 is 43.9 Å². The highest BCUT2D eigenvalue weighted by Crippen LogP contribution is 2.41. The number of pyridine rings is 1. The number of rotatable bonds is 16. The highest BCUT2D eigenvalue weighted by Gasteiger charge is 2.55. The van der Waals surface area contributed by atoms with Crippen LogP contribution in [0.25, 0.3) is 11.2 Å². The molecule has 3 atom stereocenters. The van der Waals surface area contributed by atoms with Gasteiger partial charge in [0.1, 0.15) is 59.8 Å². The first-order valence-electron chi connectivity index (χ1n) is 20.1. The predicted molar refractivity (Wildman–Crippen MR) is 232 cm³/mol. The molecule has 4 aromatic rings. The lowest BCUT2D eigenvalue weighted by Gasteiger charge is -2.49. The van der Waals surface area contributed by atoms with E-state index in [0.29, 0.717) is 28.0 Å². The van der Waals surface area contributed by atoms with Crippen molar-refractivity contribution >= 4 is 75.3 Å². The Morgan fingerprint density at radius 2 is 1.83 bits per heavy atom. The number of esters is 1. The van der Waals surface area contributed by atoms with Crippen LogP contribution >= 0.6 is 23.3 Å². The van der Waals surface area contributed by atoms with Crippen LogP contribution in [-0.2, 0) is 53.1 Å². The maximum Gasteiger partial charge on any atom is 0.414 e. The number of carbonyl (C=O) groups is 4. The lowest BCUT2D eigenvalue weighted by molar-refractivity contribution is -0.664. The number of imidazole rings is 1. The van der Waals surface area contributed by atoms with Gasteiger partial charge in [0.2, 0.25) is 23.0 Å². The molecule has 21 nitrogen and oxygen atoms in total. The summed E-state index contributed by atoms with van der Waals surface area (Å²) in [6.45, 7) is 11.8. The standard InChI is InChI=1S/C41H50N10O11S2/c1-9-60-47-28(31-45-37(64-48-31)46-39(57)62-41(5,6)7)33(53)44-29-34(54)51-30(36(55)59-20-23-12-14-26(58-8)15-13-23)24(21-63-35(29)51)17-49-16-10-11-27-32(49)42-22-50(27)18-25(19-52)43-38(56)61-40(2,3)4/h10-16,22,25,29,35,52H,9,17-21H2,1-8H3,(H2-,43,44,45,46,48,53,56,57)/b47-28-. The number of benzene rings is 1. The summed E-state index contributed by atoms with van der Waals surface area (Å²) >= 11 is 2.12. The van der Waals surface area contributed by atoms with Crippen molar-refractivity contribution in [1.29, 1.82) is 0 Å². The zero-order valence-corrected chi connectivity index (χ0v) is 38.2. The number of ether oxygens (including phenoxy) is 4. The molecule has 2 aliphatic heterocycles.